The van der Waals surface area contributed by atoms with E-state index in [0.717, 1.165) is 42.4 Å². The van der Waals surface area contributed by atoms with E-state index in [1.165, 1.54) is 140 Å². The van der Waals surface area contributed by atoms with E-state index >= 15 is 0 Å². The Morgan fingerprint density at radius 1 is 0.513 bits per heavy atom. The zero-order valence-electron chi connectivity index (χ0n) is 50.2. The highest BCUT2D eigenvalue weighted by atomic mass is 16.5. The van der Waals surface area contributed by atoms with Gasteiger partial charge in [-0.1, -0.05) is 203 Å². The molecule has 0 saturated heterocycles. The molecular formula is C74H96O2. The second-order valence-corrected chi connectivity index (χ2v) is 25.8. The van der Waals surface area contributed by atoms with Crippen LogP contribution in [0.3, 0.4) is 0 Å². The normalized spacial score (nSPS) is 17.8. The van der Waals surface area contributed by atoms with Gasteiger partial charge in [-0.05, 0) is 201 Å². The number of esters is 1. The van der Waals surface area contributed by atoms with Gasteiger partial charge in [0.15, 0.2) is 0 Å². The van der Waals surface area contributed by atoms with E-state index in [-0.39, 0.29) is 27.6 Å². The summed E-state index contributed by atoms with van der Waals surface area (Å²) in [6, 6.07) is 36.7. The summed E-state index contributed by atoms with van der Waals surface area (Å²) in [7, 11) is 1.43. The Kier molecular flexibility index (Phi) is 18.5. The van der Waals surface area contributed by atoms with Crippen molar-refractivity contribution in [2.45, 2.75) is 223 Å². The number of hydrogen-bond acceptors (Lipinski definition) is 2. The molecule has 0 spiro atoms. The van der Waals surface area contributed by atoms with E-state index in [4.69, 9.17) is 4.74 Å². The van der Waals surface area contributed by atoms with Crippen molar-refractivity contribution in [3.05, 3.63) is 164 Å². The minimum atomic E-state index is -0.215. The molecule has 0 bridgehead atoms. The topological polar surface area (TPSA) is 26.3 Å². The van der Waals surface area contributed by atoms with Crippen LogP contribution in [0.25, 0.3) is 11.1 Å². The highest BCUT2D eigenvalue weighted by Gasteiger charge is 2.47. The van der Waals surface area contributed by atoms with Crippen molar-refractivity contribution in [2.24, 2.45) is 21.7 Å². The third-order valence-electron chi connectivity index (χ3n) is 20.1. The van der Waals surface area contributed by atoms with Gasteiger partial charge in [-0.25, -0.2) is 0 Å². The quantitative estimate of drug-likeness (QED) is 0.0920. The van der Waals surface area contributed by atoms with Crippen LogP contribution in [0.4, 0.5) is 0 Å². The van der Waals surface area contributed by atoms with Gasteiger partial charge in [0.05, 0.1) is 13.5 Å². The van der Waals surface area contributed by atoms with Gasteiger partial charge in [-0.15, -0.1) is 0 Å². The van der Waals surface area contributed by atoms with Crippen LogP contribution in [-0.2, 0) is 26.8 Å². The zero-order valence-corrected chi connectivity index (χ0v) is 50.2. The van der Waals surface area contributed by atoms with Crippen molar-refractivity contribution >= 4 is 5.97 Å². The molecule has 0 aromatic heterocycles. The number of carbonyl (C=O) groups is 1. The first-order chi connectivity index (χ1) is 36.1. The highest BCUT2D eigenvalue weighted by Crippen LogP contribution is 2.58. The summed E-state index contributed by atoms with van der Waals surface area (Å²) in [6.45, 7) is 32.9. The second-order valence-electron chi connectivity index (χ2n) is 25.8. The van der Waals surface area contributed by atoms with Gasteiger partial charge in [0.1, 0.15) is 0 Å². The molecule has 404 valence electrons. The molecule has 0 aliphatic heterocycles. The van der Waals surface area contributed by atoms with Crippen LogP contribution >= 0.6 is 0 Å². The number of benzene rings is 5. The molecule has 2 nitrogen and oxygen atoms in total. The average Bonchev–Trinajstić information content (AvgIpc) is 3.65. The highest BCUT2D eigenvalue weighted by molar-refractivity contribution is 5.74. The second kappa shape index (κ2) is 24.1. The fraction of sp³-hybridized carbons (Fsp3) is 0.527. The number of aryl methyl sites for hydroxylation is 4. The molecule has 0 unspecified atom stereocenters. The van der Waals surface area contributed by atoms with Crippen LogP contribution in [0.1, 0.15) is 245 Å². The maximum atomic E-state index is 11.6. The molecule has 0 N–H and O–H groups in total. The molecule has 0 heterocycles. The smallest absolute Gasteiger partial charge is 0.309 e. The third-order valence-corrected chi connectivity index (χ3v) is 20.1. The van der Waals surface area contributed by atoms with Gasteiger partial charge < -0.3 is 4.74 Å². The molecule has 3 aliphatic carbocycles. The zero-order chi connectivity index (χ0) is 55.1. The minimum absolute atomic E-state index is 0.0419. The van der Waals surface area contributed by atoms with Crippen LogP contribution in [0.2, 0.25) is 0 Å². The lowest BCUT2D eigenvalue weighted by molar-refractivity contribution is -0.139. The molecule has 0 radical (unpaired) electrons. The van der Waals surface area contributed by atoms with E-state index in [1.807, 2.05) is 12.1 Å². The first-order valence-corrected chi connectivity index (χ1v) is 29.8. The van der Waals surface area contributed by atoms with Crippen molar-refractivity contribution < 1.29 is 9.53 Å². The van der Waals surface area contributed by atoms with Crippen LogP contribution in [0.15, 0.2) is 97.1 Å². The fourth-order valence-electron chi connectivity index (χ4n) is 13.9. The van der Waals surface area contributed by atoms with Gasteiger partial charge in [0.2, 0.25) is 0 Å². The molecule has 3 saturated carbocycles. The Bertz CT molecular complexity index is 2910. The molecule has 76 heavy (non-hydrogen) atoms. The first-order valence-electron chi connectivity index (χ1n) is 29.8. The SMILES string of the molecule is CCC(CC)(c1ccc(C#CC2(C)CCCCC2)c(C)c1)c1ccc(-c2ccc(CC(=O)OC)cc2)c(C)c1.CCC(CC)(c1ccc(C#CC2(C)CCCCC2)c(C)c1)c1ccc(C2CC(C)(C)C(C)(C)C2)c(C)c1. The van der Waals surface area contributed by atoms with Gasteiger partial charge in [0, 0.05) is 32.8 Å². The third kappa shape index (κ3) is 12.7. The van der Waals surface area contributed by atoms with Crippen molar-refractivity contribution in [3.63, 3.8) is 0 Å². The van der Waals surface area contributed by atoms with Gasteiger partial charge in [0.25, 0.3) is 0 Å². The Balaban J connectivity index is 0.000000221. The van der Waals surface area contributed by atoms with Crippen LogP contribution in [0.5, 0.6) is 0 Å². The van der Waals surface area contributed by atoms with Crippen molar-refractivity contribution in [2.75, 3.05) is 7.11 Å². The maximum absolute atomic E-state index is 11.6. The molecule has 0 atom stereocenters. The molecular weight excluding hydrogens is 921 g/mol. The predicted molar refractivity (Wildman–Crippen MR) is 324 cm³/mol. The number of rotatable bonds is 12. The van der Waals surface area contributed by atoms with Crippen LogP contribution < -0.4 is 0 Å². The summed E-state index contributed by atoms with van der Waals surface area (Å²) >= 11 is 0. The van der Waals surface area contributed by atoms with E-state index in [9.17, 15) is 4.79 Å². The summed E-state index contributed by atoms with van der Waals surface area (Å²) in [5.74, 6) is 14.9. The largest absolute Gasteiger partial charge is 0.469 e. The average molecular weight is 1020 g/mol. The van der Waals surface area contributed by atoms with Crippen molar-refractivity contribution in [1.82, 2.24) is 0 Å². The summed E-state index contributed by atoms with van der Waals surface area (Å²) in [5, 5.41) is 0. The van der Waals surface area contributed by atoms with Crippen LogP contribution in [0, 0.1) is 73.0 Å². The Morgan fingerprint density at radius 3 is 1.29 bits per heavy atom. The lowest BCUT2D eigenvalue weighted by atomic mass is 9.69. The Hall–Kier alpha value is -5.31. The Labute approximate surface area is 463 Å². The fourth-order valence-corrected chi connectivity index (χ4v) is 13.9. The molecule has 0 amide bonds. The summed E-state index contributed by atoms with van der Waals surface area (Å²) in [4.78, 5) is 11.6. The number of ether oxygens (including phenoxy) is 1. The molecule has 3 aliphatic rings. The lowest BCUT2D eigenvalue weighted by Gasteiger charge is -2.34. The van der Waals surface area contributed by atoms with Crippen LogP contribution in [-0.4, -0.2) is 13.1 Å². The minimum Gasteiger partial charge on any atom is -0.469 e. The molecule has 2 heteroatoms. The Morgan fingerprint density at radius 2 is 0.908 bits per heavy atom. The maximum Gasteiger partial charge on any atom is 0.309 e. The summed E-state index contributed by atoms with van der Waals surface area (Å²) in [6.07, 6.45) is 20.1. The van der Waals surface area contributed by atoms with E-state index in [1.54, 1.807) is 5.56 Å². The van der Waals surface area contributed by atoms with E-state index in [0.29, 0.717) is 23.2 Å². The monoisotopic (exact) mass is 1020 g/mol. The van der Waals surface area contributed by atoms with Gasteiger partial charge in [-0.2, -0.15) is 0 Å². The lowest BCUT2D eigenvalue weighted by Crippen LogP contribution is -2.26. The van der Waals surface area contributed by atoms with E-state index < -0.39 is 0 Å². The van der Waals surface area contributed by atoms with Crippen molar-refractivity contribution in [1.29, 1.82) is 0 Å². The molecule has 5 aromatic carbocycles. The van der Waals surface area contributed by atoms with Gasteiger partial charge in [-0.3, -0.25) is 4.79 Å². The molecule has 8 rings (SSSR count). The number of methoxy groups -OCH3 is 1. The number of hydrogen-bond donors (Lipinski definition) is 0. The first kappa shape index (κ1) is 58.4. The standard InChI is InChI=1S/C37H44O2.C37H52/c1-7-37(8-2,32-17-16-30(27(3)24-32)20-23-36(5)21-10-9-11-22-36)33-18-19-34(28(4)25-33)31-14-12-29(13-15-31)26-35(38)39-6;1-10-37(11-2,31-16-15-29(27(3)23-31)19-22-36(9)20-13-12-14-21-36)32-17-18-33(28(4)24-32)30-25-34(5,6)35(7,8)26-30/h12-19,24-25H,7-11,21-22,26H2,1-6H3;15-18,23-24,30H,10-14,20-21,25-26H2,1-9H3. The molecule has 3 fully saturated rings. The summed E-state index contributed by atoms with van der Waals surface area (Å²) in [5.41, 5.74) is 19.4. The molecule has 5 aromatic rings. The van der Waals surface area contributed by atoms with Gasteiger partial charge >= 0.3 is 5.97 Å². The van der Waals surface area contributed by atoms with Crippen molar-refractivity contribution in [3.8, 4) is 34.8 Å². The summed E-state index contributed by atoms with van der Waals surface area (Å²) < 4.78 is 4.80. The number of carbonyl (C=O) groups excluding carboxylic acids is 1. The predicted octanol–water partition coefficient (Wildman–Crippen LogP) is 19.8. The van der Waals surface area contributed by atoms with E-state index in [2.05, 4.69) is 206 Å².